The van der Waals surface area contributed by atoms with E-state index in [1.54, 1.807) is 0 Å². The second-order valence-corrected chi connectivity index (χ2v) is 4.65. The van der Waals surface area contributed by atoms with Crippen molar-refractivity contribution in [1.29, 1.82) is 0 Å². The van der Waals surface area contributed by atoms with Gasteiger partial charge in [-0.05, 0) is 29.7 Å². The fourth-order valence-electron chi connectivity index (χ4n) is 1.78. The maximum Gasteiger partial charge on any atom is 0.138 e. The number of carbonyl (C=O) groups is 1. The van der Waals surface area contributed by atoms with Gasteiger partial charge in [-0.15, -0.1) is 0 Å². The lowest BCUT2D eigenvalue weighted by Crippen LogP contribution is -1.96. The second-order valence-electron chi connectivity index (χ2n) is 4.24. The molecule has 2 aromatic rings. The molecule has 98 valence electrons. The van der Waals surface area contributed by atoms with E-state index in [0.29, 0.717) is 30.2 Å². The van der Waals surface area contributed by atoms with Crippen molar-refractivity contribution in [3.8, 4) is 5.75 Å². The SMILES string of the molecule is O=CCCc1ccc(OCc2ccccc2)c(Cl)c1. The molecule has 0 amide bonds. The van der Waals surface area contributed by atoms with Crippen molar-refractivity contribution >= 4 is 17.9 Å². The van der Waals surface area contributed by atoms with Gasteiger partial charge in [0.15, 0.2) is 0 Å². The number of rotatable bonds is 6. The highest BCUT2D eigenvalue weighted by molar-refractivity contribution is 6.32. The molecule has 0 heterocycles. The van der Waals surface area contributed by atoms with Gasteiger partial charge in [-0.25, -0.2) is 0 Å². The molecular weight excluding hydrogens is 260 g/mol. The Hall–Kier alpha value is -1.80. The summed E-state index contributed by atoms with van der Waals surface area (Å²) in [7, 11) is 0. The van der Waals surface area contributed by atoms with Crippen LogP contribution in [0.3, 0.4) is 0 Å². The topological polar surface area (TPSA) is 26.3 Å². The number of carbonyl (C=O) groups excluding carboxylic acids is 1. The van der Waals surface area contributed by atoms with E-state index in [9.17, 15) is 4.79 Å². The number of benzene rings is 2. The lowest BCUT2D eigenvalue weighted by molar-refractivity contribution is -0.107. The Balaban J connectivity index is 1.99. The summed E-state index contributed by atoms with van der Waals surface area (Å²) in [5.74, 6) is 0.667. The highest BCUT2D eigenvalue weighted by atomic mass is 35.5. The molecule has 0 fully saturated rings. The predicted octanol–water partition coefficient (Wildman–Crippen LogP) is 4.05. The molecule has 0 aromatic heterocycles. The minimum atomic E-state index is 0.494. The van der Waals surface area contributed by atoms with Crippen LogP contribution in [0.1, 0.15) is 17.5 Å². The molecule has 2 rings (SSSR count). The molecule has 0 aliphatic rings. The standard InChI is InChI=1S/C16H15ClO2/c17-15-11-13(7-4-10-18)8-9-16(15)19-12-14-5-2-1-3-6-14/h1-3,5-6,8-11H,4,7,12H2. The van der Waals surface area contributed by atoms with E-state index in [-0.39, 0.29) is 0 Å². The van der Waals surface area contributed by atoms with Crippen LogP contribution in [0.25, 0.3) is 0 Å². The maximum absolute atomic E-state index is 10.3. The van der Waals surface area contributed by atoms with Gasteiger partial charge in [0.1, 0.15) is 18.6 Å². The molecule has 3 heteroatoms. The van der Waals surface area contributed by atoms with Crippen LogP contribution in [0.15, 0.2) is 48.5 Å². The van der Waals surface area contributed by atoms with Gasteiger partial charge in [0, 0.05) is 6.42 Å². The van der Waals surface area contributed by atoms with Gasteiger partial charge in [0.25, 0.3) is 0 Å². The van der Waals surface area contributed by atoms with Crippen LogP contribution < -0.4 is 4.74 Å². The van der Waals surface area contributed by atoms with Gasteiger partial charge in [-0.1, -0.05) is 48.0 Å². The fourth-order valence-corrected chi connectivity index (χ4v) is 2.04. The van der Waals surface area contributed by atoms with Crippen molar-refractivity contribution in [3.63, 3.8) is 0 Å². The molecule has 0 aliphatic heterocycles. The average molecular weight is 275 g/mol. The van der Waals surface area contributed by atoms with E-state index in [2.05, 4.69) is 0 Å². The van der Waals surface area contributed by atoms with Gasteiger partial charge in [0.2, 0.25) is 0 Å². The number of aryl methyl sites for hydroxylation is 1. The summed E-state index contributed by atoms with van der Waals surface area (Å²) in [6.45, 7) is 0.494. The van der Waals surface area contributed by atoms with Crippen molar-refractivity contribution in [2.75, 3.05) is 0 Å². The van der Waals surface area contributed by atoms with Gasteiger partial charge in [-0.2, -0.15) is 0 Å². The number of ether oxygens (including phenoxy) is 1. The van der Waals surface area contributed by atoms with Crippen LogP contribution in [-0.2, 0) is 17.8 Å². The molecule has 2 nitrogen and oxygen atoms in total. The normalized spacial score (nSPS) is 10.2. The van der Waals surface area contributed by atoms with Gasteiger partial charge in [-0.3, -0.25) is 0 Å². The summed E-state index contributed by atoms with van der Waals surface area (Å²) in [5, 5.41) is 0.583. The largest absolute Gasteiger partial charge is 0.487 e. The van der Waals surface area contributed by atoms with Crippen LogP contribution in [0, 0.1) is 0 Å². The lowest BCUT2D eigenvalue weighted by atomic mass is 10.1. The highest BCUT2D eigenvalue weighted by Gasteiger charge is 2.03. The van der Waals surface area contributed by atoms with Crippen LogP contribution in [0.2, 0.25) is 5.02 Å². The Morgan fingerprint density at radius 3 is 2.53 bits per heavy atom. The van der Waals surface area contributed by atoms with Crippen molar-refractivity contribution in [1.82, 2.24) is 0 Å². The molecular formula is C16H15ClO2. The molecule has 0 saturated heterocycles. The summed E-state index contributed by atoms with van der Waals surface area (Å²) in [5.41, 5.74) is 2.15. The minimum Gasteiger partial charge on any atom is -0.487 e. The first kappa shape index (κ1) is 13.6. The summed E-state index contributed by atoms with van der Waals surface area (Å²) < 4.78 is 5.68. The molecule has 2 aromatic carbocycles. The van der Waals surface area contributed by atoms with Gasteiger partial charge >= 0.3 is 0 Å². The molecule has 0 bridgehead atoms. The molecule has 0 N–H and O–H groups in total. The Morgan fingerprint density at radius 1 is 1.05 bits per heavy atom. The third-order valence-corrected chi connectivity index (χ3v) is 3.08. The quantitative estimate of drug-likeness (QED) is 0.743. The van der Waals surface area contributed by atoms with Crippen molar-refractivity contribution < 1.29 is 9.53 Å². The second kappa shape index (κ2) is 6.95. The monoisotopic (exact) mass is 274 g/mol. The van der Waals surface area contributed by atoms with E-state index < -0.39 is 0 Å². The lowest BCUT2D eigenvalue weighted by Gasteiger charge is -2.09. The van der Waals surface area contributed by atoms with Gasteiger partial charge in [0.05, 0.1) is 5.02 Å². The van der Waals surface area contributed by atoms with E-state index in [4.69, 9.17) is 16.3 Å². The van der Waals surface area contributed by atoms with E-state index in [1.807, 2.05) is 48.5 Å². The third-order valence-electron chi connectivity index (χ3n) is 2.78. The molecule has 0 saturated carbocycles. The van der Waals surface area contributed by atoms with Crippen molar-refractivity contribution in [2.24, 2.45) is 0 Å². The first-order chi connectivity index (χ1) is 9.29. The van der Waals surface area contributed by atoms with Crippen LogP contribution in [0.5, 0.6) is 5.75 Å². The number of aldehydes is 1. The van der Waals surface area contributed by atoms with Crippen molar-refractivity contribution in [2.45, 2.75) is 19.4 Å². The Morgan fingerprint density at radius 2 is 1.84 bits per heavy atom. The Kier molecular flexibility index (Phi) is 4.99. The summed E-state index contributed by atoms with van der Waals surface area (Å²) >= 11 is 6.16. The maximum atomic E-state index is 10.3. The summed E-state index contributed by atoms with van der Waals surface area (Å²) in [6, 6.07) is 15.6. The van der Waals surface area contributed by atoms with Crippen LogP contribution in [0.4, 0.5) is 0 Å². The zero-order chi connectivity index (χ0) is 13.5. The summed E-state index contributed by atoms with van der Waals surface area (Å²) in [6.07, 6.45) is 2.14. The molecule has 0 spiro atoms. The first-order valence-corrected chi connectivity index (χ1v) is 6.56. The molecule has 0 radical (unpaired) electrons. The Labute approximate surface area is 118 Å². The fraction of sp³-hybridized carbons (Fsp3) is 0.188. The predicted molar refractivity (Wildman–Crippen MR) is 76.6 cm³/mol. The van der Waals surface area contributed by atoms with Crippen LogP contribution >= 0.6 is 11.6 Å². The molecule has 0 aliphatic carbocycles. The third kappa shape index (κ3) is 4.11. The first-order valence-electron chi connectivity index (χ1n) is 6.18. The number of halogens is 1. The summed E-state index contributed by atoms with van der Waals surface area (Å²) in [4.78, 5) is 10.3. The zero-order valence-electron chi connectivity index (χ0n) is 10.5. The molecule has 0 atom stereocenters. The van der Waals surface area contributed by atoms with Crippen LogP contribution in [-0.4, -0.2) is 6.29 Å². The number of hydrogen-bond donors (Lipinski definition) is 0. The van der Waals surface area contributed by atoms with E-state index in [1.165, 1.54) is 0 Å². The van der Waals surface area contributed by atoms with Gasteiger partial charge < -0.3 is 9.53 Å². The molecule has 0 unspecified atom stereocenters. The highest BCUT2D eigenvalue weighted by Crippen LogP contribution is 2.26. The van der Waals surface area contributed by atoms with E-state index in [0.717, 1.165) is 17.4 Å². The van der Waals surface area contributed by atoms with E-state index >= 15 is 0 Å². The zero-order valence-corrected chi connectivity index (χ0v) is 11.3. The molecule has 19 heavy (non-hydrogen) atoms. The minimum absolute atomic E-state index is 0.494. The van der Waals surface area contributed by atoms with Crippen molar-refractivity contribution in [3.05, 3.63) is 64.7 Å². The smallest absolute Gasteiger partial charge is 0.138 e. The Bertz CT molecular complexity index is 538. The number of hydrogen-bond acceptors (Lipinski definition) is 2. The average Bonchev–Trinajstić information content (AvgIpc) is 2.45.